The van der Waals surface area contributed by atoms with E-state index in [0.29, 0.717) is 6.61 Å². The predicted molar refractivity (Wildman–Crippen MR) is 61.7 cm³/mol. The molecular formula is C13H19NO. The van der Waals surface area contributed by atoms with Crippen molar-refractivity contribution in [3.63, 3.8) is 0 Å². The second kappa shape index (κ2) is 4.33. The zero-order valence-electron chi connectivity index (χ0n) is 9.33. The number of hydrogen-bond donors (Lipinski definition) is 1. The van der Waals surface area contributed by atoms with E-state index in [2.05, 4.69) is 31.2 Å². The molecule has 1 aliphatic heterocycles. The van der Waals surface area contributed by atoms with E-state index in [-0.39, 0.29) is 5.54 Å². The molecule has 1 saturated heterocycles. The summed E-state index contributed by atoms with van der Waals surface area (Å²) >= 11 is 0. The third-order valence-electron chi connectivity index (χ3n) is 3.18. The van der Waals surface area contributed by atoms with Crippen molar-refractivity contribution in [3.05, 3.63) is 35.4 Å². The molecule has 0 aromatic heterocycles. The molecule has 1 atom stereocenters. The first-order chi connectivity index (χ1) is 7.24. The molecule has 2 N–H and O–H groups in total. The Bertz CT molecular complexity index is 329. The largest absolute Gasteiger partial charge is 0.379 e. The molecule has 1 aliphatic rings. The maximum atomic E-state index is 6.38. The highest BCUT2D eigenvalue weighted by molar-refractivity contribution is 5.29. The van der Waals surface area contributed by atoms with Crippen LogP contribution < -0.4 is 5.73 Å². The van der Waals surface area contributed by atoms with E-state index in [1.165, 1.54) is 11.1 Å². The normalized spacial score (nSPS) is 26.5. The summed E-state index contributed by atoms with van der Waals surface area (Å²) in [6, 6.07) is 8.58. The average Bonchev–Trinajstić information content (AvgIpc) is 2.30. The van der Waals surface area contributed by atoms with Crippen molar-refractivity contribution in [1.82, 2.24) is 0 Å². The summed E-state index contributed by atoms with van der Waals surface area (Å²) in [6.07, 6.45) is 3.15. The van der Waals surface area contributed by atoms with Gasteiger partial charge in [0.25, 0.3) is 0 Å². The molecule has 1 heterocycles. The minimum absolute atomic E-state index is 0.260. The Morgan fingerprint density at radius 1 is 1.47 bits per heavy atom. The van der Waals surface area contributed by atoms with Crippen LogP contribution in [0.2, 0.25) is 0 Å². The Kier molecular flexibility index (Phi) is 3.08. The van der Waals surface area contributed by atoms with Gasteiger partial charge in [0.15, 0.2) is 0 Å². The van der Waals surface area contributed by atoms with Gasteiger partial charge in [-0.3, -0.25) is 0 Å². The van der Waals surface area contributed by atoms with E-state index in [1.807, 2.05) is 0 Å². The van der Waals surface area contributed by atoms with Crippen molar-refractivity contribution >= 4 is 0 Å². The number of hydrogen-bond acceptors (Lipinski definition) is 2. The molecule has 2 rings (SSSR count). The van der Waals surface area contributed by atoms with Gasteiger partial charge < -0.3 is 10.5 Å². The second-order valence-corrected chi connectivity index (χ2v) is 4.37. The smallest absolute Gasteiger partial charge is 0.0688 e. The van der Waals surface area contributed by atoms with E-state index >= 15 is 0 Å². The zero-order valence-corrected chi connectivity index (χ0v) is 9.33. The van der Waals surface area contributed by atoms with Gasteiger partial charge >= 0.3 is 0 Å². The summed E-state index contributed by atoms with van der Waals surface area (Å²) in [6.45, 7) is 3.67. The summed E-state index contributed by atoms with van der Waals surface area (Å²) < 4.78 is 5.49. The molecule has 82 valence electrons. The molecule has 2 heteroatoms. The number of rotatable bonds is 2. The van der Waals surface area contributed by atoms with Gasteiger partial charge in [-0.05, 0) is 30.4 Å². The molecule has 0 radical (unpaired) electrons. The minimum Gasteiger partial charge on any atom is -0.379 e. The van der Waals surface area contributed by atoms with E-state index in [4.69, 9.17) is 10.5 Å². The van der Waals surface area contributed by atoms with Crippen molar-refractivity contribution in [2.45, 2.75) is 31.7 Å². The van der Waals surface area contributed by atoms with Crippen LogP contribution in [0.25, 0.3) is 0 Å². The quantitative estimate of drug-likeness (QED) is 0.803. The topological polar surface area (TPSA) is 35.2 Å². The van der Waals surface area contributed by atoms with Gasteiger partial charge in [0, 0.05) is 6.61 Å². The first kappa shape index (κ1) is 10.7. The van der Waals surface area contributed by atoms with Crippen molar-refractivity contribution < 1.29 is 4.74 Å². The zero-order chi connectivity index (χ0) is 10.7. The Morgan fingerprint density at radius 2 is 2.33 bits per heavy atom. The summed E-state index contributed by atoms with van der Waals surface area (Å²) in [5, 5.41) is 0. The van der Waals surface area contributed by atoms with Crippen LogP contribution >= 0.6 is 0 Å². The SMILES string of the molecule is CCc1cccc(C2(N)CCCOC2)c1. The third kappa shape index (κ3) is 2.21. The molecule has 0 amide bonds. The minimum atomic E-state index is -0.260. The van der Waals surface area contributed by atoms with Gasteiger partial charge in [0.2, 0.25) is 0 Å². The molecule has 1 aromatic rings. The molecule has 2 nitrogen and oxygen atoms in total. The summed E-state index contributed by atoms with van der Waals surface area (Å²) in [5.41, 5.74) is 8.69. The molecule has 1 aromatic carbocycles. The number of ether oxygens (including phenoxy) is 1. The lowest BCUT2D eigenvalue weighted by molar-refractivity contribution is 0.0366. The Morgan fingerprint density at radius 3 is 3.00 bits per heavy atom. The lowest BCUT2D eigenvalue weighted by Crippen LogP contribution is -2.44. The van der Waals surface area contributed by atoms with E-state index in [1.54, 1.807) is 0 Å². The van der Waals surface area contributed by atoms with Crippen LogP contribution in [0.3, 0.4) is 0 Å². The van der Waals surface area contributed by atoms with Crippen LogP contribution in [0.4, 0.5) is 0 Å². The second-order valence-electron chi connectivity index (χ2n) is 4.37. The van der Waals surface area contributed by atoms with E-state index in [9.17, 15) is 0 Å². The van der Waals surface area contributed by atoms with Gasteiger partial charge in [-0.15, -0.1) is 0 Å². The van der Waals surface area contributed by atoms with Crippen LogP contribution in [-0.2, 0) is 16.7 Å². The standard InChI is InChI=1S/C13H19NO/c1-2-11-5-3-6-12(9-11)13(14)7-4-8-15-10-13/h3,5-6,9H,2,4,7-8,10,14H2,1H3. The van der Waals surface area contributed by atoms with Crippen LogP contribution in [-0.4, -0.2) is 13.2 Å². The van der Waals surface area contributed by atoms with E-state index < -0.39 is 0 Å². The first-order valence-corrected chi connectivity index (χ1v) is 5.71. The average molecular weight is 205 g/mol. The Balaban J connectivity index is 2.26. The highest BCUT2D eigenvalue weighted by Crippen LogP contribution is 2.28. The fourth-order valence-electron chi connectivity index (χ4n) is 2.14. The lowest BCUT2D eigenvalue weighted by Gasteiger charge is -2.34. The summed E-state index contributed by atoms with van der Waals surface area (Å²) in [7, 11) is 0. The Hall–Kier alpha value is -0.860. The molecule has 0 bridgehead atoms. The van der Waals surface area contributed by atoms with Gasteiger partial charge in [-0.1, -0.05) is 31.2 Å². The number of aryl methyl sites for hydroxylation is 1. The van der Waals surface area contributed by atoms with E-state index in [0.717, 1.165) is 25.9 Å². The van der Waals surface area contributed by atoms with Crippen LogP contribution in [0, 0.1) is 0 Å². The van der Waals surface area contributed by atoms with Crippen LogP contribution in [0.15, 0.2) is 24.3 Å². The molecule has 0 saturated carbocycles. The maximum absolute atomic E-state index is 6.38. The van der Waals surface area contributed by atoms with Gasteiger partial charge in [0.05, 0.1) is 12.1 Å². The molecule has 1 fully saturated rings. The molecule has 0 aliphatic carbocycles. The van der Waals surface area contributed by atoms with Crippen molar-refractivity contribution in [3.8, 4) is 0 Å². The first-order valence-electron chi connectivity index (χ1n) is 5.71. The predicted octanol–water partition coefficient (Wildman–Crippen LogP) is 2.21. The van der Waals surface area contributed by atoms with Crippen LogP contribution in [0.1, 0.15) is 30.9 Å². The third-order valence-corrected chi connectivity index (χ3v) is 3.18. The lowest BCUT2D eigenvalue weighted by atomic mass is 9.85. The van der Waals surface area contributed by atoms with Gasteiger partial charge in [-0.25, -0.2) is 0 Å². The number of nitrogens with two attached hydrogens (primary N) is 1. The highest BCUT2D eigenvalue weighted by atomic mass is 16.5. The van der Waals surface area contributed by atoms with Crippen molar-refractivity contribution in [2.75, 3.05) is 13.2 Å². The molecule has 1 unspecified atom stereocenters. The van der Waals surface area contributed by atoms with Gasteiger partial charge in [0.1, 0.15) is 0 Å². The molecule has 15 heavy (non-hydrogen) atoms. The van der Waals surface area contributed by atoms with Crippen LogP contribution in [0.5, 0.6) is 0 Å². The summed E-state index contributed by atoms with van der Waals surface area (Å²) in [4.78, 5) is 0. The highest BCUT2D eigenvalue weighted by Gasteiger charge is 2.30. The maximum Gasteiger partial charge on any atom is 0.0688 e. The van der Waals surface area contributed by atoms with Crippen molar-refractivity contribution in [2.24, 2.45) is 5.73 Å². The fourth-order valence-corrected chi connectivity index (χ4v) is 2.14. The van der Waals surface area contributed by atoms with Gasteiger partial charge in [-0.2, -0.15) is 0 Å². The summed E-state index contributed by atoms with van der Waals surface area (Å²) in [5.74, 6) is 0. The number of benzene rings is 1. The fraction of sp³-hybridized carbons (Fsp3) is 0.538. The Labute approximate surface area is 91.4 Å². The molecule has 0 spiro atoms. The molecular weight excluding hydrogens is 186 g/mol. The van der Waals surface area contributed by atoms with Crippen molar-refractivity contribution in [1.29, 1.82) is 0 Å². The monoisotopic (exact) mass is 205 g/mol.